The van der Waals surface area contributed by atoms with Gasteiger partial charge >= 0.3 is 0 Å². The minimum atomic E-state index is 0.00244. The number of rotatable bonds is 2. The van der Waals surface area contributed by atoms with Gasteiger partial charge in [-0.05, 0) is 61.1 Å². The molecule has 4 nitrogen and oxygen atoms in total. The highest BCUT2D eigenvalue weighted by Gasteiger charge is 2.33. The zero-order valence-corrected chi connectivity index (χ0v) is 16.9. The van der Waals surface area contributed by atoms with E-state index in [-0.39, 0.29) is 11.8 Å². The number of fused-ring (bicyclic) bond motifs is 3. The fraction of sp³-hybridized carbons (Fsp3) is 0.231. The molecule has 0 spiro atoms. The molecule has 0 saturated carbocycles. The Balaban J connectivity index is 1.63. The Hall–Kier alpha value is -3.40. The average Bonchev–Trinajstić information content (AvgIpc) is 2.83. The topological polar surface area (TPSA) is 40.6 Å². The van der Waals surface area contributed by atoms with E-state index in [0.717, 1.165) is 48.2 Å². The zero-order valence-electron chi connectivity index (χ0n) is 16.9. The lowest BCUT2D eigenvalue weighted by Gasteiger charge is -2.38. The molecule has 0 aliphatic carbocycles. The minimum Gasteiger partial charge on any atom is -0.306 e. The maximum Gasteiger partial charge on any atom is 0.258 e. The van der Waals surface area contributed by atoms with E-state index in [1.807, 2.05) is 70.5 Å². The first-order valence-electron chi connectivity index (χ1n) is 10.6. The number of carbonyl (C=O) groups is 2. The van der Waals surface area contributed by atoms with Crippen molar-refractivity contribution in [1.82, 2.24) is 0 Å². The summed E-state index contributed by atoms with van der Waals surface area (Å²) in [6.07, 6.45) is 3.71. The fourth-order valence-electron chi connectivity index (χ4n) is 4.63. The quantitative estimate of drug-likeness (QED) is 0.620. The molecular weight excluding hydrogens is 372 g/mol. The summed E-state index contributed by atoms with van der Waals surface area (Å²) < 4.78 is 0. The molecule has 0 fully saturated rings. The normalized spacial score (nSPS) is 15.3. The van der Waals surface area contributed by atoms with Crippen LogP contribution in [0, 0.1) is 0 Å². The van der Waals surface area contributed by atoms with Crippen molar-refractivity contribution < 1.29 is 9.59 Å². The van der Waals surface area contributed by atoms with E-state index in [0.29, 0.717) is 24.2 Å². The molecule has 5 rings (SSSR count). The van der Waals surface area contributed by atoms with Crippen LogP contribution in [0.5, 0.6) is 0 Å². The predicted molar refractivity (Wildman–Crippen MR) is 119 cm³/mol. The van der Waals surface area contributed by atoms with Crippen molar-refractivity contribution in [2.45, 2.75) is 25.7 Å². The third-order valence-electron chi connectivity index (χ3n) is 6.05. The van der Waals surface area contributed by atoms with E-state index >= 15 is 0 Å². The van der Waals surface area contributed by atoms with Crippen LogP contribution in [-0.4, -0.2) is 24.9 Å². The lowest BCUT2D eigenvalue weighted by molar-refractivity contribution is 0.0972. The van der Waals surface area contributed by atoms with Crippen molar-refractivity contribution in [3.63, 3.8) is 0 Å². The standard InChI is InChI=1S/C26H24N2O2/c29-25(21-9-3-1-4-10-21)27-17-7-13-19-15-16-20-14-8-18-28(24(20)23(19)27)26(30)22-11-5-2-6-12-22/h1-6,9-12,15-16H,7-8,13-14,17-18H2. The van der Waals surface area contributed by atoms with Crippen LogP contribution >= 0.6 is 0 Å². The zero-order chi connectivity index (χ0) is 20.5. The fourth-order valence-corrected chi connectivity index (χ4v) is 4.63. The van der Waals surface area contributed by atoms with Crippen molar-refractivity contribution in [2.24, 2.45) is 0 Å². The molecule has 0 N–H and O–H groups in total. The van der Waals surface area contributed by atoms with Gasteiger partial charge in [-0.3, -0.25) is 9.59 Å². The summed E-state index contributed by atoms with van der Waals surface area (Å²) in [5.74, 6) is 0.00488. The Bertz CT molecular complexity index is 1000. The second-order valence-corrected chi connectivity index (χ2v) is 7.93. The van der Waals surface area contributed by atoms with Crippen molar-refractivity contribution in [2.75, 3.05) is 22.9 Å². The van der Waals surface area contributed by atoms with Gasteiger partial charge < -0.3 is 9.80 Å². The summed E-state index contributed by atoms with van der Waals surface area (Å²) in [6.45, 7) is 1.34. The molecule has 0 unspecified atom stereocenters. The number of carbonyl (C=O) groups excluding carboxylic acids is 2. The molecule has 3 aromatic rings. The molecule has 150 valence electrons. The number of nitrogens with zero attached hydrogens (tertiary/aromatic N) is 2. The van der Waals surface area contributed by atoms with Crippen LogP contribution in [0.4, 0.5) is 11.4 Å². The molecule has 0 aromatic heterocycles. The Labute approximate surface area is 176 Å². The van der Waals surface area contributed by atoms with Crippen molar-refractivity contribution in [3.8, 4) is 0 Å². The molecule has 0 radical (unpaired) electrons. The molecule has 0 saturated heterocycles. The lowest BCUT2D eigenvalue weighted by atomic mass is 9.91. The monoisotopic (exact) mass is 396 g/mol. The highest BCUT2D eigenvalue weighted by Crippen LogP contribution is 2.43. The van der Waals surface area contributed by atoms with Crippen LogP contribution in [0.1, 0.15) is 44.7 Å². The molecule has 0 bridgehead atoms. The molecule has 4 heteroatoms. The number of hydrogen-bond donors (Lipinski definition) is 0. The van der Waals surface area contributed by atoms with Crippen LogP contribution in [0.3, 0.4) is 0 Å². The van der Waals surface area contributed by atoms with Gasteiger partial charge in [0.25, 0.3) is 11.8 Å². The SMILES string of the molecule is O=C(c1ccccc1)N1CCCc2ccc3c(c21)N(C(=O)c1ccccc1)CCC3. The van der Waals surface area contributed by atoms with Crippen LogP contribution < -0.4 is 9.80 Å². The highest BCUT2D eigenvalue weighted by molar-refractivity contribution is 6.13. The summed E-state index contributed by atoms with van der Waals surface area (Å²) >= 11 is 0. The van der Waals surface area contributed by atoms with Gasteiger partial charge in [0.2, 0.25) is 0 Å². The molecule has 30 heavy (non-hydrogen) atoms. The Morgan fingerprint density at radius 3 is 1.37 bits per heavy atom. The number of amides is 2. The Morgan fingerprint density at radius 1 is 0.567 bits per heavy atom. The van der Waals surface area contributed by atoms with Crippen LogP contribution in [0.2, 0.25) is 0 Å². The maximum atomic E-state index is 13.4. The van der Waals surface area contributed by atoms with E-state index in [9.17, 15) is 9.59 Å². The minimum absolute atomic E-state index is 0.00244. The summed E-state index contributed by atoms with van der Waals surface area (Å²) in [5, 5.41) is 0. The largest absolute Gasteiger partial charge is 0.306 e. The smallest absolute Gasteiger partial charge is 0.258 e. The summed E-state index contributed by atoms with van der Waals surface area (Å²) in [5.41, 5.74) is 5.52. The molecule has 2 aliphatic heterocycles. The average molecular weight is 396 g/mol. The number of hydrogen-bond acceptors (Lipinski definition) is 2. The van der Waals surface area contributed by atoms with Crippen LogP contribution in [0.25, 0.3) is 0 Å². The molecule has 2 heterocycles. The summed E-state index contributed by atoms with van der Waals surface area (Å²) in [7, 11) is 0. The van der Waals surface area contributed by atoms with Crippen molar-refractivity contribution >= 4 is 23.2 Å². The Kier molecular flexibility index (Phi) is 4.83. The predicted octanol–water partition coefficient (Wildman–Crippen LogP) is 4.87. The van der Waals surface area contributed by atoms with Crippen molar-refractivity contribution in [1.29, 1.82) is 0 Å². The van der Waals surface area contributed by atoms with Gasteiger partial charge in [-0.2, -0.15) is 0 Å². The molecule has 2 amide bonds. The number of aryl methyl sites for hydroxylation is 2. The van der Waals surface area contributed by atoms with Gasteiger partial charge in [0.1, 0.15) is 0 Å². The Morgan fingerprint density at radius 2 is 0.967 bits per heavy atom. The highest BCUT2D eigenvalue weighted by atomic mass is 16.2. The second-order valence-electron chi connectivity index (χ2n) is 7.93. The van der Waals surface area contributed by atoms with E-state index in [4.69, 9.17) is 0 Å². The first-order chi connectivity index (χ1) is 14.7. The number of anilines is 2. The van der Waals surface area contributed by atoms with E-state index in [2.05, 4.69) is 12.1 Å². The van der Waals surface area contributed by atoms with Gasteiger partial charge in [-0.1, -0.05) is 48.5 Å². The first kappa shape index (κ1) is 18.6. The van der Waals surface area contributed by atoms with E-state index in [1.54, 1.807) is 0 Å². The van der Waals surface area contributed by atoms with E-state index in [1.165, 1.54) is 0 Å². The van der Waals surface area contributed by atoms with Crippen molar-refractivity contribution in [3.05, 3.63) is 95.1 Å². The van der Waals surface area contributed by atoms with Gasteiger partial charge in [-0.15, -0.1) is 0 Å². The summed E-state index contributed by atoms with van der Waals surface area (Å²) in [4.78, 5) is 30.6. The van der Waals surface area contributed by atoms with Gasteiger partial charge in [-0.25, -0.2) is 0 Å². The van der Waals surface area contributed by atoms with Crippen LogP contribution in [0.15, 0.2) is 72.8 Å². The summed E-state index contributed by atoms with van der Waals surface area (Å²) in [6, 6.07) is 23.1. The maximum absolute atomic E-state index is 13.4. The molecule has 3 aromatic carbocycles. The molecular formula is C26H24N2O2. The van der Waals surface area contributed by atoms with Gasteiger partial charge in [0, 0.05) is 24.2 Å². The molecule has 2 aliphatic rings. The third-order valence-corrected chi connectivity index (χ3v) is 6.05. The number of benzene rings is 3. The van der Waals surface area contributed by atoms with Gasteiger partial charge in [0.05, 0.1) is 11.4 Å². The third kappa shape index (κ3) is 3.18. The van der Waals surface area contributed by atoms with E-state index < -0.39 is 0 Å². The van der Waals surface area contributed by atoms with Gasteiger partial charge in [0.15, 0.2) is 0 Å². The molecule has 0 atom stereocenters. The van der Waals surface area contributed by atoms with Crippen LogP contribution in [-0.2, 0) is 12.8 Å². The second kappa shape index (κ2) is 7.79. The lowest BCUT2D eigenvalue weighted by Crippen LogP contribution is -2.41. The first-order valence-corrected chi connectivity index (χ1v) is 10.6.